The van der Waals surface area contributed by atoms with Gasteiger partial charge < -0.3 is 0 Å². The average molecular weight is 214 g/mol. The average Bonchev–Trinajstić information content (AvgIpc) is 2.29. The number of benzene rings is 2. The summed E-state index contributed by atoms with van der Waals surface area (Å²) in [5.74, 6) is 0. The van der Waals surface area contributed by atoms with E-state index < -0.39 is 0 Å². The summed E-state index contributed by atoms with van der Waals surface area (Å²) in [5.41, 5.74) is 1.01. The van der Waals surface area contributed by atoms with Crippen LogP contribution < -0.4 is 0 Å². The highest BCUT2D eigenvalue weighted by Gasteiger charge is 2.02. The normalized spacial score (nSPS) is 11.0. The molecular weight excluding hydrogens is 206 g/mol. The molecule has 3 rings (SSSR count). The van der Waals surface area contributed by atoms with Gasteiger partial charge in [0.2, 0.25) is 0 Å². The smallest absolute Gasteiger partial charge is 0.0708 e. The third-order valence-corrected chi connectivity index (χ3v) is 2.92. The topological polar surface area (TPSA) is 12.9 Å². The zero-order valence-corrected chi connectivity index (χ0v) is 8.70. The van der Waals surface area contributed by atoms with Crippen LogP contribution in [-0.4, -0.2) is 4.98 Å². The summed E-state index contributed by atoms with van der Waals surface area (Å²) in [5, 5.41) is 4.18. The molecule has 1 aromatic heterocycles. The molecule has 0 aliphatic carbocycles. The van der Waals surface area contributed by atoms with E-state index in [2.05, 4.69) is 17.1 Å². The maximum atomic E-state index is 6.14. The largest absolute Gasteiger partial charge is 0.256 e. The zero-order valence-electron chi connectivity index (χ0n) is 7.94. The number of pyridine rings is 1. The highest BCUT2D eigenvalue weighted by molar-refractivity contribution is 6.36. The van der Waals surface area contributed by atoms with Crippen LogP contribution in [0.5, 0.6) is 0 Å². The number of aromatic nitrogens is 1. The van der Waals surface area contributed by atoms with Gasteiger partial charge in [0, 0.05) is 22.0 Å². The van der Waals surface area contributed by atoms with Gasteiger partial charge in [0.05, 0.1) is 5.52 Å². The summed E-state index contributed by atoms with van der Waals surface area (Å²) in [6.45, 7) is 0. The van der Waals surface area contributed by atoms with Crippen LogP contribution in [0.1, 0.15) is 0 Å². The van der Waals surface area contributed by atoms with E-state index in [1.54, 1.807) is 6.20 Å². The second-order valence-electron chi connectivity index (χ2n) is 3.47. The van der Waals surface area contributed by atoms with E-state index in [1.165, 1.54) is 0 Å². The predicted octanol–water partition coefficient (Wildman–Crippen LogP) is 4.04. The molecule has 0 saturated heterocycles. The van der Waals surface area contributed by atoms with Crippen LogP contribution in [0.15, 0.2) is 48.7 Å². The summed E-state index contributed by atoms with van der Waals surface area (Å²) >= 11 is 6.14. The number of hydrogen-bond donors (Lipinski definition) is 0. The van der Waals surface area contributed by atoms with Crippen LogP contribution in [0.2, 0.25) is 5.02 Å². The van der Waals surface area contributed by atoms with E-state index in [4.69, 9.17) is 11.6 Å². The molecule has 0 amide bonds. The quantitative estimate of drug-likeness (QED) is 0.514. The third-order valence-electron chi connectivity index (χ3n) is 2.59. The minimum atomic E-state index is 0.790. The molecule has 1 heterocycles. The number of nitrogens with zero attached hydrogens (tertiary/aromatic N) is 1. The number of rotatable bonds is 0. The molecule has 1 nitrogen and oxygen atoms in total. The van der Waals surface area contributed by atoms with Crippen molar-refractivity contribution in [3.05, 3.63) is 53.7 Å². The molecule has 0 N–H and O–H groups in total. The Morgan fingerprint density at radius 2 is 1.67 bits per heavy atom. The van der Waals surface area contributed by atoms with E-state index in [0.29, 0.717) is 0 Å². The fourth-order valence-corrected chi connectivity index (χ4v) is 2.12. The van der Waals surface area contributed by atoms with Crippen molar-refractivity contribution in [3.8, 4) is 0 Å². The van der Waals surface area contributed by atoms with Crippen LogP contribution in [0, 0.1) is 0 Å². The maximum absolute atomic E-state index is 6.14. The van der Waals surface area contributed by atoms with Gasteiger partial charge in [-0.05, 0) is 23.6 Å². The lowest BCUT2D eigenvalue weighted by Gasteiger charge is -2.03. The van der Waals surface area contributed by atoms with E-state index in [-0.39, 0.29) is 0 Å². The molecule has 15 heavy (non-hydrogen) atoms. The third kappa shape index (κ3) is 1.28. The highest BCUT2D eigenvalue weighted by Crippen LogP contribution is 2.28. The van der Waals surface area contributed by atoms with Crippen molar-refractivity contribution in [1.82, 2.24) is 4.98 Å². The van der Waals surface area contributed by atoms with Crippen molar-refractivity contribution in [3.63, 3.8) is 0 Å². The molecule has 2 aromatic carbocycles. The molecule has 0 saturated carbocycles. The predicted molar refractivity (Wildman–Crippen MR) is 64.3 cm³/mol. The van der Waals surface area contributed by atoms with E-state index in [9.17, 15) is 0 Å². The lowest BCUT2D eigenvalue weighted by Crippen LogP contribution is -1.80. The summed E-state index contributed by atoms with van der Waals surface area (Å²) in [6.07, 6.45) is 1.80. The summed E-state index contributed by atoms with van der Waals surface area (Å²) < 4.78 is 0. The molecule has 0 fully saturated rings. The fourth-order valence-electron chi connectivity index (χ4n) is 1.88. The first-order valence-electron chi connectivity index (χ1n) is 4.78. The molecule has 3 aromatic rings. The Kier molecular flexibility index (Phi) is 1.86. The molecule has 2 heteroatoms. The zero-order chi connectivity index (χ0) is 10.3. The van der Waals surface area contributed by atoms with Crippen molar-refractivity contribution in [2.24, 2.45) is 0 Å². The summed E-state index contributed by atoms with van der Waals surface area (Å²) in [4.78, 5) is 4.32. The molecule has 0 spiro atoms. The van der Waals surface area contributed by atoms with Gasteiger partial charge in [-0.3, -0.25) is 4.98 Å². The molecule has 0 atom stereocenters. The lowest BCUT2D eigenvalue weighted by atomic mass is 10.1. The fraction of sp³-hybridized carbons (Fsp3) is 0. The van der Waals surface area contributed by atoms with Gasteiger partial charge >= 0.3 is 0 Å². The number of hydrogen-bond acceptors (Lipinski definition) is 1. The first kappa shape index (κ1) is 8.69. The van der Waals surface area contributed by atoms with Gasteiger partial charge in [-0.15, -0.1) is 0 Å². The van der Waals surface area contributed by atoms with E-state index in [0.717, 1.165) is 26.7 Å². The van der Waals surface area contributed by atoms with Gasteiger partial charge in [0.15, 0.2) is 0 Å². The Hall–Kier alpha value is -1.60. The molecule has 0 aliphatic heterocycles. The number of halogens is 1. The van der Waals surface area contributed by atoms with Crippen molar-refractivity contribution in [1.29, 1.82) is 0 Å². The van der Waals surface area contributed by atoms with Crippen molar-refractivity contribution < 1.29 is 0 Å². The molecule has 0 bridgehead atoms. The first-order chi connectivity index (χ1) is 7.36. The SMILES string of the molecule is Clc1cccc2c1ccc1ncccc12. The molecule has 0 unspecified atom stereocenters. The van der Waals surface area contributed by atoms with Crippen LogP contribution in [0.4, 0.5) is 0 Å². The van der Waals surface area contributed by atoms with E-state index >= 15 is 0 Å². The van der Waals surface area contributed by atoms with Gasteiger partial charge in [-0.2, -0.15) is 0 Å². The van der Waals surface area contributed by atoms with Crippen molar-refractivity contribution >= 4 is 33.3 Å². The van der Waals surface area contributed by atoms with E-state index in [1.807, 2.05) is 30.3 Å². The Labute approximate surface area is 92.3 Å². The molecule has 72 valence electrons. The van der Waals surface area contributed by atoms with Gasteiger partial charge in [0.1, 0.15) is 0 Å². The second kappa shape index (κ2) is 3.21. The number of fused-ring (bicyclic) bond motifs is 3. The minimum Gasteiger partial charge on any atom is -0.256 e. The Balaban J connectivity index is 2.60. The van der Waals surface area contributed by atoms with Gasteiger partial charge in [-0.25, -0.2) is 0 Å². The first-order valence-corrected chi connectivity index (χ1v) is 5.16. The molecule has 0 radical (unpaired) electrons. The van der Waals surface area contributed by atoms with Crippen LogP contribution >= 0.6 is 11.6 Å². The lowest BCUT2D eigenvalue weighted by molar-refractivity contribution is 1.42. The highest BCUT2D eigenvalue weighted by atomic mass is 35.5. The Bertz CT molecular complexity index is 646. The standard InChI is InChI=1S/C13H8ClN/c14-12-5-1-3-9-10(12)6-7-13-11(9)4-2-8-15-13/h1-8H. The minimum absolute atomic E-state index is 0.790. The Morgan fingerprint density at radius 1 is 0.800 bits per heavy atom. The van der Waals surface area contributed by atoms with Crippen LogP contribution in [0.3, 0.4) is 0 Å². The second-order valence-corrected chi connectivity index (χ2v) is 3.88. The van der Waals surface area contributed by atoms with Crippen LogP contribution in [-0.2, 0) is 0 Å². The maximum Gasteiger partial charge on any atom is 0.0708 e. The van der Waals surface area contributed by atoms with Crippen molar-refractivity contribution in [2.75, 3.05) is 0 Å². The van der Waals surface area contributed by atoms with Crippen LogP contribution in [0.25, 0.3) is 21.7 Å². The summed E-state index contributed by atoms with van der Waals surface area (Å²) in [7, 11) is 0. The van der Waals surface area contributed by atoms with Crippen molar-refractivity contribution in [2.45, 2.75) is 0 Å². The molecule has 0 aliphatic rings. The summed E-state index contributed by atoms with van der Waals surface area (Å²) in [6, 6.07) is 14.0. The van der Waals surface area contributed by atoms with Gasteiger partial charge in [0.25, 0.3) is 0 Å². The Morgan fingerprint density at radius 3 is 2.60 bits per heavy atom. The molecular formula is C13H8ClN. The van der Waals surface area contributed by atoms with Gasteiger partial charge in [-0.1, -0.05) is 35.9 Å². The monoisotopic (exact) mass is 213 g/mol.